The topological polar surface area (TPSA) is 298 Å². The van der Waals surface area contributed by atoms with Crippen molar-refractivity contribution in [1.29, 1.82) is 0 Å². The van der Waals surface area contributed by atoms with E-state index in [1.165, 1.54) is 67.5 Å². The van der Waals surface area contributed by atoms with Gasteiger partial charge in [0, 0.05) is 43.1 Å². The number of hydrogen-bond donors (Lipinski definition) is 5. The van der Waals surface area contributed by atoms with Gasteiger partial charge in [-0.15, -0.1) is 48.8 Å². The van der Waals surface area contributed by atoms with Crippen LogP contribution in [0.15, 0.2) is 120 Å². The molecule has 30 heteroatoms. The number of carbonyl (C=O) groups is 4. The monoisotopic (exact) mass is 1650 g/mol. The molecule has 24 nitrogen and oxygen atoms in total. The summed E-state index contributed by atoms with van der Waals surface area (Å²) in [4.78, 5) is 90.3. The molecule has 3 aliphatic carbocycles. The molecule has 2 amide bonds. The van der Waals surface area contributed by atoms with Gasteiger partial charge in [-0.3, -0.25) is 14.6 Å². The number of nitrogens with one attached hydrogen (secondary N) is 4. The van der Waals surface area contributed by atoms with Gasteiger partial charge in [-0.25, -0.2) is 49.1 Å². The van der Waals surface area contributed by atoms with E-state index in [0.29, 0.717) is 28.9 Å². The number of carbonyl (C=O) groups excluding carboxylic acids is 4. The first kappa shape index (κ1) is 84.6. The van der Waals surface area contributed by atoms with Crippen molar-refractivity contribution in [2.45, 2.75) is 143 Å². The van der Waals surface area contributed by atoms with Crippen LogP contribution in [0.4, 0.5) is 21.2 Å². The molecule has 0 radical (unpaired) electrons. The number of H-pyrrole nitrogens is 1. The predicted octanol–water partition coefficient (Wildman–Crippen LogP) is 14.2. The van der Waals surface area contributed by atoms with Gasteiger partial charge >= 0.3 is 24.1 Å². The number of aromatic amines is 1. The normalized spacial score (nSPS) is 18.1. The van der Waals surface area contributed by atoms with E-state index < -0.39 is 29.2 Å². The molecular weight excluding hydrogens is 1560 g/mol. The number of amides is 2. The summed E-state index contributed by atoms with van der Waals surface area (Å²) in [6, 6.07) is 33.1. The van der Waals surface area contributed by atoms with Gasteiger partial charge in [0.25, 0.3) is 5.56 Å². The maximum atomic E-state index is 12.9. The Balaban J connectivity index is 0.000000213. The number of esters is 2. The Morgan fingerprint density at radius 1 is 0.581 bits per heavy atom. The molecule has 3 fully saturated rings. The van der Waals surface area contributed by atoms with Crippen molar-refractivity contribution in [1.82, 2.24) is 55.6 Å². The summed E-state index contributed by atoms with van der Waals surface area (Å²) in [6.45, 7) is 16.9. The van der Waals surface area contributed by atoms with Crippen LogP contribution in [0.5, 0.6) is 5.75 Å². The molecule has 4 aromatic heterocycles. The smallest absolute Gasteiger partial charge is 0.408 e. The van der Waals surface area contributed by atoms with Gasteiger partial charge in [0.05, 0.1) is 58.5 Å². The highest BCUT2D eigenvalue weighted by atomic mass is 127. The first-order chi connectivity index (χ1) is 48.2. The lowest BCUT2D eigenvalue weighted by atomic mass is 9.72. The summed E-state index contributed by atoms with van der Waals surface area (Å²) in [5.74, 6) is 0.885. The van der Waals surface area contributed by atoms with Gasteiger partial charge in [0.1, 0.15) is 33.7 Å². The van der Waals surface area contributed by atoms with Crippen LogP contribution in [0, 0.1) is 16.2 Å². The molecule has 0 bridgehead atoms. The van der Waals surface area contributed by atoms with E-state index in [2.05, 4.69) is 120 Å². The number of hydrogen-bond acceptors (Lipinski definition) is 20. The largest absolute Gasteiger partial charge is 0.497 e. The van der Waals surface area contributed by atoms with Gasteiger partial charge < -0.3 is 55.2 Å². The molecule has 0 saturated carbocycles. The minimum atomic E-state index is -0.635. The molecular formula is C75H94Cl5IN14O10. The highest BCUT2D eigenvalue weighted by Gasteiger charge is 2.51. The number of benzene rings is 4. The molecule has 8 aromatic rings. The molecule has 7 heterocycles. The first-order valence-electron chi connectivity index (χ1n) is 33.9. The minimum Gasteiger partial charge on any atom is -0.497 e. The van der Waals surface area contributed by atoms with Crippen molar-refractivity contribution >= 4 is 131 Å². The molecule has 4 aromatic carbocycles. The van der Waals surface area contributed by atoms with Crippen LogP contribution in [0.2, 0.25) is 15.5 Å². The van der Waals surface area contributed by atoms with E-state index in [9.17, 15) is 24.0 Å². The van der Waals surface area contributed by atoms with Crippen molar-refractivity contribution in [2.24, 2.45) is 22.0 Å². The second kappa shape index (κ2) is 35.8. The number of aromatic nitrogens is 8. The number of piperidine rings is 3. The molecule has 566 valence electrons. The quantitative estimate of drug-likeness (QED) is 0.0509. The third-order valence-electron chi connectivity index (χ3n) is 19.8. The van der Waals surface area contributed by atoms with Crippen molar-refractivity contribution in [3.8, 4) is 5.75 Å². The van der Waals surface area contributed by atoms with E-state index >= 15 is 0 Å². The van der Waals surface area contributed by atoms with Crippen LogP contribution in [0.25, 0.3) is 11.2 Å². The molecule has 3 saturated heterocycles. The fourth-order valence-electron chi connectivity index (χ4n) is 14.9. The summed E-state index contributed by atoms with van der Waals surface area (Å²) in [6.07, 6.45) is 12.5. The highest BCUT2D eigenvalue weighted by Crippen LogP contribution is 2.54. The Labute approximate surface area is 656 Å². The maximum Gasteiger partial charge on any atom is 0.408 e. The molecule has 0 unspecified atom stereocenters. The number of rotatable bonds is 9. The molecule has 14 rings (SSSR count). The van der Waals surface area contributed by atoms with Crippen LogP contribution in [0.1, 0.15) is 166 Å². The zero-order valence-corrected chi connectivity index (χ0v) is 65.8. The maximum absolute atomic E-state index is 12.9. The van der Waals surface area contributed by atoms with Crippen LogP contribution >= 0.6 is 83.6 Å². The molecule has 3 spiro atoms. The fourth-order valence-corrected chi connectivity index (χ4v) is 15.5. The first-order valence-corrected chi connectivity index (χ1v) is 35.0. The van der Waals surface area contributed by atoms with Gasteiger partial charge in [0.15, 0.2) is 32.9 Å². The molecule has 3 aliphatic heterocycles. The van der Waals surface area contributed by atoms with Crippen molar-refractivity contribution in [3.05, 3.63) is 192 Å². The lowest BCUT2D eigenvalue weighted by Gasteiger charge is -2.43. The third-order valence-corrected chi connectivity index (χ3v) is 20.6. The van der Waals surface area contributed by atoms with E-state index in [1.54, 1.807) is 24.2 Å². The standard InChI is InChI=1S/C31H36N6O4.C24H29ClN4O4.C13H18N2.C6H4Cl2N2O2.CH4.2ClH.HI/c1-30(2,3)41-29(39)34-26-23-8-6-5-7-21(23)17-31(26)13-15-36(16-14-31)24-18-32-25-27(33-24)37(35-28(25)38)19-20-9-11-22(40-4)12-10-20;1-23(2,3)33-22(31)28-19-16-8-6-5-7-15(16)13-24(19)9-11-29(12-10-24)17-14-26-18(20(25)27-17)21(30)32-4;14-12-11-4-2-1-3-10(11)9-13(12)5-7-15-8-6-13;1-12-6(11)4-5(8)10-3(7)2-9-4;;;;/h5-12,18,26H,13-17,19H2,1-4H3,(H,34,39)(H,35,38);5-8,14,19H,9-13H2,1-4H3,(H,28,31);1-4,12,15H,5-9,14H2;2H,1H3;1H4;3*1H/t26-;19-;12-;;;;;/m111...../s1. The number of alkyl carbamates (subject to hydrolysis) is 2. The van der Waals surface area contributed by atoms with Crippen molar-refractivity contribution in [3.63, 3.8) is 0 Å². The summed E-state index contributed by atoms with van der Waals surface area (Å²) in [7, 11) is 4.14. The Bertz CT molecular complexity index is 4380. The summed E-state index contributed by atoms with van der Waals surface area (Å²) < 4.78 is 27.3. The lowest BCUT2D eigenvalue weighted by Crippen LogP contribution is -2.48. The SMILES string of the molecule is C.COC(=O)c1ncc(Cl)nc1Cl.COC(=O)c1ncc(N2CCC3(CC2)Cc2ccccc2[C@H]3NC(=O)OC(C)(C)C)nc1Cl.COc1ccc(Cn2[nH]c(=O)c3ncc(N4CCC5(CC4)Cc4ccccc4[C@H]5NC(=O)OC(C)(C)C)nc32)cc1.Cl.Cl.I.N[C@@H]1c2ccccc2CC12CCNCC2. The number of anilines is 2. The van der Waals surface area contributed by atoms with Crippen LogP contribution < -0.4 is 41.8 Å². The zero-order chi connectivity index (χ0) is 72.0. The predicted molar refractivity (Wildman–Crippen MR) is 423 cm³/mol. The van der Waals surface area contributed by atoms with E-state index in [-0.39, 0.29) is 124 Å². The van der Waals surface area contributed by atoms with Crippen LogP contribution in [0.3, 0.4) is 0 Å². The Morgan fingerprint density at radius 3 is 1.46 bits per heavy atom. The minimum absolute atomic E-state index is 0. The number of fused-ring (bicyclic) bond motifs is 4. The van der Waals surface area contributed by atoms with Crippen molar-refractivity contribution in [2.75, 3.05) is 70.4 Å². The Kier molecular flexibility index (Phi) is 28.9. The lowest BCUT2D eigenvalue weighted by molar-refractivity contribution is 0.0418. The third kappa shape index (κ3) is 19.6. The molecule has 6 aliphatic rings. The van der Waals surface area contributed by atoms with Gasteiger partial charge in [0.2, 0.25) is 0 Å². The van der Waals surface area contributed by atoms with E-state index in [1.807, 2.05) is 84.0 Å². The highest BCUT2D eigenvalue weighted by molar-refractivity contribution is 14.0. The molecule has 3 atom stereocenters. The molecule has 6 N–H and O–H groups in total. The average Bonchev–Trinajstić information content (AvgIpc) is 1.62. The van der Waals surface area contributed by atoms with Crippen LogP contribution in [-0.4, -0.2) is 136 Å². The Morgan fingerprint density at radius 2 is 1.01 bits per heavy atom. The van der Waals surface area contributed by atoms with Gasteiger partial charge in [-0.2, -0.15) is 0 Å². The van der Waals surface area contributed by atoms with Gasteiger partial charge in [-0.05, 0) is 169 Å². The van der Waals surface area contributed by atoms with Crippen LogP contribution in [-0.2, 0) is 44.8 Å². The zero-order valence-electron chi connectivity index (χ0n) is 59.6. The van der Waals surface area contributed by atoms with Crippen molar-refractivity contribution < 1.29 is 42.9 Å². The number of halogens is 6. The average molecular weight is 1660 g/mol. The number of methoxy groups -OCH3 is 3. The summed E-state index contributed by atoms with van der Waals surface area (Å²) >= 11 is 17.2. The fraction of sp³-hybridized carbons (Fsp3) is 0.453. The van der Waals surface area contributed by atoms with Gasteiger partial charge in [-0.1, -0.05) is 127 Å². The molecule has 105 heavy (non-hydrogen) atoms. The number of nitrogens with zero attached hydrogens (tertiary/aromatic N) is 9. The second-order valence-electron chi connectivity index (χ2n) is 28.5. The summed E-state index contributed by atoms with van der Waals surface area (Å²) in [5, 5.41) is 12.8. The number of ether oxygens (including phenoxy) is 5. The van der Waals surface area contributed by atoms with E-state index in [4.69, 9.17) is 59.7 Å². The second-order valence-corrected chi connectivity index (χ2v) is 29.6. The van der Waals surface area contributed by atoms with E-state index in [0.717, 1.165) is 100 Å². The Hall–Kier alpha value is -7.63. The summed E-state index contributed by atoms with van der Waals surface area (Å²) in [5.41, 5.74) is 14.7. The number of nitrogens with two attached hydrogens (primary N) is 1.